The summed E-state index contributed by atoms with van der Waals surface area (Å²) >= 11 is 0. The number of hydrogen-bond acceptors (Lipinski definition) is 5. The topological polar surface area (TPSA) is 89.9 Å². The quantitative estimate of drug-likeness (QED) is 0.730. The first kappa shape index (κ1) is 22.8. The van der Waals surface area contributed by atoms with Gasteiger partial charge in [-0.15, -0.1) is 0 Å². The SMILES string of the molecule is CCN1C(=O)c2c(OC)c(=O)c(C(=O)NCc3c(F)cc(F)cc3F)cn2[C@H]2CCOC[C@H]21. The maximum absolute atomic E-state index is 13.9. The molecule has 11 heteroatoms. The summed E-state index contributed by atoms with van der Waals surface area (Å²) in [6, 6.07) is 0.462. The van der Waals surface area contributed by atoms with Gasteiger partial charge in [0.1, 0.15) is 23.0 Å². The molecule has 0 radical (unpaired) electrons. The van der Waals surface area contributed by atoms with Crippen LogP contribution in [0.3, 0.4) is 0 Å². The molecule has 2 atom stereocenters. The van der Waals surface area contributed by atoms with E-state index in [0.29, 0.717) is 38.3 Å². The van der Waals surface area contributed by atoms with Crippen LogP contribution in [0.5, 0.6) is 5.75 Å². The minimum absolute atomic E-state index is 0.0414. The fraction of sp³-hybridized carbons (Fsp3) is 0.409. The van der Waals surface area contributed by atoms with Crippen LogP contribution in [0.15, 0.2) is 23.1 Å². The third-order valence-electron chi connectivity index (χ3n) is 6.03. The summed E-state index contributed by atoms with van der Waals surface area (Å²) < 4.78 is 53.3. The number of amides is 2. The molecule has 0 saturated carbocycles. The van der Waals surface area contributed by atoms with E-state index in [4.69, 9.17) is 9.47 Å². The Labute approximate surface area is 186 Å². The predicted octanol–water partition coefficient (Wildman–Crippen LogP) is 2.01. The van der Waals surface area contributed by atoms with Gasteiger partial charge in [-0.2, -0.15) is 0 Å². The van der Waals surface area contributed by atoms with Crippen LogP contribution in [0.2, 0.25) is 0 Å². The highest BCUT2D eigenvalue weighted by Gasteiger charge is 2.43. The molecule has 1 aromatic heterocycles. The monoisotopic (exact) mass is 465 g/mol. The fourth-order valence-corrected chi connectivity index (χ4v) is 4.43. The van der Waals surface area contributed by atoms with Crippen LogP contribution in [0, 0.1) is 17.5 Å². The lowest BCUT2D eigenvalue weighted by atomic mass is 9.96. The highest BCUT2D eigenvalue weighted by Crippen LogP contribution is 2.35. The van der Waals surface area contributed by atoms with Gasteiger partial charge < -0.3 is 24.3 Å². The highest BCUT2D eigenvalue weighted by atomic mass is 19.1. The van der Waals surface area contributed by atoms with Gasteiger partial charge in [0.25, 0.3) is 11.8 Å². The molecule has 1 N–H and O–H groups in total. The molecule has 2 aliphatic rings. The molecule has 0 bridgehead atoms. The van der Waals surface area contributed by atoms with Crippen molar-refractivity contribution in [2.75, 3.05) is 26.9 Å². The third kappa shape index (κ3) is 3.86. The lowest BCUT2D eigenvalue weighted by molar-refractivity contribution is -0.0176. The van der Waals surface area contributed by atoms with Crippen molar-refractivity contribution in [2.24, 2.45) is 0 Å². The van der Waals surface area contributed by atoms with Gasteiger partial charge in [-0.25, -0.2) is 13.2 Å². The van der Waals surface area contributed by atoms with Crippen LogP contribution in [0.1, 0.15) is 45.8 Å². The maximum atomic E-state index is 13.9. The molecule has 3 heterocycles. The summed E-state index contributed by atoms with van der Waals surface area (Å²) in [5.41, 5.74) is -1.68. The Morgan fingerprint density at radius 2 is 1.91 bits per heavy atom. The third-order valence-corrected chi connectivity index (χ3v) is 6.03. The van der Waals surface area contributed by atoms with Crippen molar-refractivity contribution in [2.45, 2.75) is 32.0 Å². The zero-order valence-electron chi connectivity index (χ0n) is 18.0. The Bertz CT molecular complexity index is 1160. The van der Waals surface area contributed by atoms with E-state index in [1.807, 2.05) is 6.92 Å². The van der Waals surface area contributed by atoms with Gasteiger partial charge in [0.15, 0.2) is 11.4 Å². The highest BCUT2D eigenvalue weighted by molar-refractivity contribution is 5.99. The standard InChI is InChI=1S/C22H22F3N3O5/c1-3-27-17-10-33-5-4-16(17)28-9-13(19(29)20(32-2)18(28)22(27)31)21(30)26-8-12-14(24)6-11(23)7-15(12)25/h6-7,9,16-17H,3-5,8,10H2,1-2H3,(H,26,30)/t16-,17+/m0/s1. The lowest BCUT2D eigenvalue weighted by Gasteiger charge is -2.45. The molecule has 2 aromatic rings. The smallest absolute Gasteiger partial charge is 0.274 e. The van der Waals surface area contributed by atoms with E-state index in [9.17, 15) is 27.6 Å². The van der Waals surface area contributed by atoms with Crippen molar-refractivity contribution >= 4 is 11.8 Å². The zero-order valence-corrected chi connectivity index (χ0v) is 18.0. The summed E-state index contributed by atoms with van der Waals surface area (Å²) in [7, 11) is 1.22. The molecule has 0 unspecified atom stereocenters. The van der Waals surface area contributed by atoms with Crippen LogP contribution in [-0.4, -0.2) is 54.2 Å². The Morgan fingerprint density at radius 1 is 1.21 bits per heavy atom. The Hall–Kier alpha value is -3.34. The first-order chi connectivity index (χ1) is 15.8. The van der Waals surface area contributed by atoms with Gasteiger partial charge in [0, 0.05) is 43.6 Å². The number of benzene rings is 1. The second kappa shape index (κ2) is 8.89. The zero-order chi connectivity index (χ0) is 23.9. The number of rotatable bonds is 5. The molecule has 2 amide bonds. The summed E-state index contributed by atoms with van der Waals surface area (Å²) in [5.74, 6) is -5.03. The summed E-state index contributed by atoms with van der Waals surface area (Å²) in [4.78, 5) is 40.6. The second-order valence-electron chi connectivity index (χ2n) is 7.78. The van der Waals surface area contributed by atoms with Gasteiger partial charge in [-0.1, -0.05) is 0 Å². The van der Waals surface area contributed by atoms with E-state index in [2.05, 4.69) is 5.32 Å². The summed E-state index contributed by atoms with van der Waals surface area (Å²) in [5, 5.41) is 2.29. The number of carbonyl (C=O) groups is 2. The molecule has 1 aromatic carbocycles. The van der Waals surface area contributed by atoms with Crippen molar-refractivity contribution in [1.82, 2.24) is 14.8 Å². The number of pyridine rings is 1. The average Bonchev–Trinajstić information content (AvgIpc) is 2.78. The molecule has 2 aliphatic heterocycles. The van der Waals surface area contributed by atoms with E-state index in [0.717, 1.165) is 0 Å². The van der Waals surface area contributed by atoms with Gasteiger partial charge in [0.05, 0.1) is 25.8 Å². The number of nitrogens with one attached hydrogen (secondary N) is 1. The van der Waals surface area contributed by atoms with Crippen LogP contribution in [0.25, 0.3) is 0 Å². The van der Waals surface area contributed by atoms with E-state index >= 15 is 0 Å². The number of halogens is 3. The molecule has 0 spiro atoms. The number of aromatic nitrogens is 1. The first-order valence-electron chi connectivity index (χ1n) is 10.4. The summed E-state index contributed by atoms with van der Waals surface area (Å²) in [6.07, 6.45) is 1.82. The number of methoxy groups -OCH3 is 1. The molecular weight excluding hydrogens is 443 g/mol. The molecular formula is C22H22F3N3O5. The number of ether oxygens (including phenoxy) is 2. The van der Waals surface area contributed by atoms with Gasteiger partial charge in [0.2, 0.25) is 5.43 Å². The van der Waals surface area contributed by atoms with Crippen LogP contribution < -0.4 is 15.5 Å². The van der Waals surface area contributed by atoms with Crippen molar-refractivity contribution in [3.63, 3.8) is 0 Å². The van der Waals surface area contributed by atoms with Crippen molar-refractivity contribution in [1.29, 1.82) is 0 Å². The number of carbonyl (C=O) groups excluding carboxylic acids is 2. The Kier molecular flexibility index (Phi) is 6.15. The first-order valence-corrected chi connectivity index (χ1v) is 10.4. The molecule has 1 fully saturated rings. The van der Waals surface area contributed by atoms with E-state index in [1.54, 1.807) is 9.47 Å². The van der Waals surface area contributed by atoms with Crippen LogP contribution >= 0.6 is 0 Å². The van der Waals surface area contributed by atoms with Gasteiger partial charge >= 0.3 is 0 Å². The largest absolute Gasteiger partial charge is 0.491 e. The minimum atomic E-state index is -1.16. The number of fused-ring (bicyclic) bond motifs is 3. The van der Waals surface area contributed by atoms with Crippen LogP contribution in [-0.2, 0) is 11.3 Å². The van der Waals surface area contributed by atoms with Gasteiger partial charge in [-0.3, -0.25) is 14.4 Å². The maximum Gasteiger partial charge on any atom is 0.274 e. The Balaban J connectivity index is 1.73. The fourth-order valence-electron chi connectivity index (χ4n) is 4.43. The number of likely N-dealkylation sites (N-methyl/N-ethyl adjacent to an activating group) is 1. The van der Waals surface area contributed by atoms with Crippen molar-refractivity contribution < 1.29 is 32.2 Å². The molecule has 1 saturated heterocycles. The molecule has 0 aliphatic carbocycles. The second-order valence-corrected chi connectivity index (χ2v) is 7.78. The lowest BCUT2D eigenvalue weighted by Crippen LogP contribution is -2.55. The van der Waals surface area contributed by atoms with E-state index in [1.165, 1.54) is 13.3 Å². The van der Waals surface area contributed by atoms with Crippen molar-refractivity contribution in [3.05, 3.63) is 62.8 Å². The normalized spacial score (nSPS) is 19.7. The molecule has 4 rings (SSSR count). The summed E-state index contributed by atoms with van der Waals surface area (Å²) in [6.45, 7) is 2.36. The molecule has 8 nitrogen and oxygen atoms in total. The average molecular weight is 465 g/mol. The minimum Gasteiger partial charge on any atom is -0.491 e. The van der Waals surface area contributed by atoms with Gasteiger partial charge in [-0.05, 0) is 13.3 Å². The van der Waals surface area contributed by atoms with E-state index in [-0.39, 0.29) is 29.1 Å². The molecule has 33 heavy (non-hydrogen) atoms. The van der Waals surface area contributed by atoms with Crippen LogP contribution in [0.4, 0.5) is 13.2 Å². The number of nitrogens with zero attached hydrogens (tertiary/aromatic N) is 2. The van der Waals surface area contributed by atoms with E-state index < -0.39 is 46.8 Å². The molecule has 176 valence electrons. The predicted molar refractivity (Wildman–Crippen MR) is 110 cm³/mol. The number of hydrogen-bond donors (Lipinski definition) is 1. The van der Waals surface area contributed by atoms with Crippen molar-refractivity contribution in [3.8, 4) is 5.75 Å². The Morgan fingerprint density at radius 3 is 2.55 bits per heavy atom.